The van der Waals surface area contributed by atoms with Crippen molar-refractivity contribution in [1.82, 2.24) is 13.9 Å². The van der Waals surface area contributed by atoms with Gasteiger partial charge < -0.3 is 4.74 Å². The fourth-order valence-corrected chi connectivity index (χ4v) is 8.81. The molecule has 0 unspecified atom stereocenters. The highest BCUT2D eigenvalue weighted by molar-refractivity contribution is 5.50. The summed E-state index contributed by atoms with van der Waals surface area (Å²) < 4.78 is 10.9. The van der Waals surface area contributed by atoms with Crippen molar-refractivity contribution in [1.29, 1.82) is 0 Å². The lowest BCUT2D eigenvalue weighted by atomic mass is 9.04. The van der Waals surface area contributed by atoms with Crippen LogP contribution in [0.3, 0.4) is 0 Å². The summed E-state index contributed by atoms with van der Waals surface area (Å²) >= 11 is 0. The molecule has 0 radical (unpaired) electrons. The Balaban J connectivity index is 1.53. The summed E-state index contributed by atoms with van der Waals surface area (Å²) in [7, 11) is 1.63. The Hall–Kier alpha value is -1.30. The van der Waals surface area contributed by atoms with E-state index in [0.717, 1.165) is 24.7 Å². The minimum absolute atomic E-state index is 0.0935. The monoisotopic (exact) mass is 285 g/mol. The number of hydrogen-bond acceptors (Lipinski definition) is 3. The van der Waals surface area contributed by atoms with E-state index in [4.69, 9.17) is 4.74 Å². The van der Waals surface area contributed by atoms with Crippen LogP contribution in [0.25, 0.3) is 0 Å². The van der Waals surface area contributed by atoms with Gasteiger partial charge in [-0.05, 0) is 36.5 Å². The molecule has 6 heteroatoms. The van der Waals surface area contributed by atoms with Gasteiger partial charge >= 0.3 is 11.4 Å². The molecular weight excluding hydrogens is 270 g/mol. The maximum absolute atomic E-state index is 12.6. The molecule has 9 rings (SSSR count). The molecule has 6 nitrogen and oxygen atoms in total. The first-order valence-electron chi connectivity index (χ1n) is 8.20. The van der Waals surface area contributed by atoms with Crippen LogP contribution in [-0.4, -0.2) is 26.1 Å². The average Bonchev–Trinajstić information content (AvgIpc) is 3.15. The topological polar surface area (TPSA) is 61.5 Å². The molecule has 108 valence electrons. The predicted octanol–water partition coefficient (Wildman–Crippen LogP) is -0.503. The van der Waals surface area contributed by atoms with Gasteiger partial charge in [0.25, 0.3) is 0 Å². The van der Waals surface area contributed by atoms with E-state index in [2.05, 4.69) is 0 Å². The molecule has 1 saturated heterocycles. The Bertz CT molecular complexity index is 854. The summed E-state index contributed by atoms with van der Waals surface area (Å²) in [6, 6.07) is 0.600. The van der Waals surface area contributed by atoms with Crippen molar-refractivity contribution in [3.63, 3.8) is 0 Å². The first kappa shape index (κ1) is 9.66. The lowest BCUT2D eigenvalue weighted by Crippen LogP contribution is -3.01. The van der Waals surface area contributed by atoms with E-state index in [9.17, 15) is 9.59 Å². The number of fused-ring (bicyclic) bond motifs is 1. The van der Waals surface area contributed by atoms with E-state index in [-0.39, 0.29) is 11.4 Å². The van der Waals surface area contributed by atoms with Gasteiger partial charge in [-0.1, -0.05) is 0 Å². The van der Waals surface area contributed by atoms with Crippen molar-refractivity contribution in [2.45, 2.75) is 37.1 Å². The standard InChI is InChI=1S/C15H15N3O3/c1-16-12(19)17-10-6-7-9-8(6)14(10)2-4-5(21-4)3-15(9,14)11(7)18(17)13(16)20/h4-11H,2-3H2,1H3/t4-,5-,6+,7+,8-,9+,10-,11-,14+,15-/m1/s1. The molecule has 2 bridgehead atoms. The Labute approximate surface area is 119 Å². The van der Waals surface area contributed by atoms with Gasteiger partial charge in [0.15, 0.2) is 0 Å². The Morgan fingerprint density at radius 3 is 1.90 bits per heavy atom. The molecule has 0 aromatic carbocycles. The van der Waals surface area contributed by atoms with E-state index in [1.54, 1.807) is 7.05 Å². The van der Waals surface area contributed by atoms with Gasteiger partial charge in [-0.15, -0.1) is 0 Å². The van der Waals surface area contributed by atoms with Crippen molar-refractivity contribution in [2.24, 2.45) is 41.5 Å². The lowest BCUT2D eigenvalue weighted by molar-refractivity contribution is -0.557. The van der Waals surface area contributed by atoms with Gasteiger partial charge in [0.1, 0.15) is 0 Å². The summed E-state index contributed by atoms with van der Waals surface area (Å²) in [6.07, 6.45) is 3.22. The largest absolute Gasteiger partial charge is 0.370 e. The van der Waals surface area contributed by atoms with Crippen LogP contribution in [0.4, 0.5) is 0 Å². The van der Waals surface area contributed by atoms with E-state index in [1.165, 1.54) is 4.57 Å². The Morgan fingerprint density at radius 1 is 0.952 bits per heavy atom. The molecular formula is C15H15N3O3. The second-order valence-electron chi connectivity index (χ2n) is 8.61. The Morgan fingerprint density at radius 2 is 1.43 bits per heavy atom. The smallest absolute Gasteiger partial charge is 0.347 e. The van der Waals surface area contributed by atoms with E-state index >= 15 is 0 Å². The highest BCUT2D eigenvalue weighted by Crippen LogP contribution is 3.04. The molecule has 0 amide bonds. The second kappa shape index (κ2) is 2.11. The first-order chi connectivity index (χ1) is 10.1. The van der Waals surface area contributed by atoms with Crippen molar-refractivity contribution in [3.05, 3.63) is 21.0 Å². The van der Waals surface area contributed by atoms with Crippen LogP contribution in [-0.2, 0) is 11.8 Å². The van der Waals surface area contributed by atoms with Crippen molar-refractivity contribution < 1.29 is 4.74 Å². The van der Waals surface area contributed by atoms with Crippen molar-refractivity contribution in [2.75, 3.05) is 0 Å². The van der Waals surface area contributed by atoms with Crippen LogP contribution in [0, 0.1) is 34.5 Å². The second-order valence-corrected chi connectivity index (χ2v) is 8.61. The normalized spacial score (nSPS) is 67.5. The molecule has 0 N–H and O–H groups in total. The zero-order valence-corrected chi connectivity index (χ0v) is 11.6. The third kappa shape index (κ3) is 0.525. The molecule has 6 fully saturated rings. The molecule has 3 aliphatic heterocycles. The summed E-state index contributed by atoms with van der Waals surface area (Å²) in [5.41, 5.74) is 0.446. The lowest BCUT2D eigenvalue weighted by Gasteiger charge is -3.02. The summed E-state index contributed by atoms with van der Waals surface area (Å²) in [6.45, 7) is 0. The molecule has 1 aromatic rings. The fourth-order valence-electron chi connectivity index (χ4n) is 8.81. The third-order valence-corrected chi connectivity index (χ3v) is 8.99. The summed E-state index contributed by atoms with van der Waals surface area (Å²) in [4.78, 5) is 25.1. The van der Waals surface area contributed by atoms with Gasteiger partial charge in [-0.3, -0.25) is 0 Å². The van der Waals surface area contributed by atoms with Gasteiger partial charge in [-0.2, -0.15) is 0 Å². The van der Waals surface area contributed by atoms with Crippen LogP contribution < -0.4 is 11.4 Å². The van der Waals surface area contributed by atoms with Crippen LogP contribution in [0.1, 0.15) is 24.9 Å². The van der Waals surface area contributed by atoms with E-state index in [1.807, 2.05) is 9.36 Å². The molecule has 4 heterocycles. The number of ether oxygens (including phenoxy) is 1. The fraction of sp³-hybridized carbons (Fsp3) is 0.867. The van der Waals surface area contributed by atoms with Gasteiger partial charge in [0, 0.05) is 17.9 Å². The number of hydrogen-bond donors (Lipinski definition) is 0. The number of aromatic nitrogens is 3. The molecule has 1 aromatic heterocycles. The third-order valence-electron chi connectivity index (χ3n) is 8.99. The molecule has 21 heavy (non-hydrogen) atoms. The summed E-state index contributed by atoms with van der Waals surface area (Å²) in [5, 5.41) is 0. The predicted molar refractivity (Wildman–Crippen MR) is 68.7 cm³/mol. The highest BCUT2D eigenvalue weighted by Gasteiger charge is 3.03. The SMILES string of the molecule is Cn1c(=O)n2n(c1=O)[C@@H]1[C@H]3[C@H]4[C@@H]5[C@H]3[C@]13C[C@H]1O[C@@H]1C[C@@]53[C@@H]42. The Kier molecular flexibility index (Phi) is 0.971. The quantitative estimate of drug-likeness (QED) is 0.604. The number of rotatable bonds is 0. The molecule has 5 saturated carbocycles. The molecule has 8 aliphatic rings. The van der Waals surface area contributed by atoms with Crippen LogP contribution in [0.15, 0.2) is 9.59 Å². The van der Waals surface area contributed by atoms with Crippen LogP contribution in [0.5, 0.6) is 0 Å². The minimum atomic E-state index is -0.0935. The van der Waals surface area contributed by atoms with Gasteiger partial charge in [-0.25, -0.2) is 23.5 Å². The van der Waals surface area contributed by atoms with Crippen LogP contribution >= 0.6 is 0 Å². The molecule has 10 atom stereocenters. The average molecular weight is 285 g/mol. The van der Waals surface area contributed by atoms with Crippen LogP contribution in [0.2, 0.25) is 0 Å². The van der Waals surface area contributed by atoms with E-state index in [0.29, 0.717) is 47.0 Å². The minimum Gasteiger partial charge on any atom is -0.370 e. The van der Waals surface area contributed by atoms with Gasteiger partial charge in [0.2, 0.25) is 0 Å². The summed E-state index contributed by atoms with van der Waals surface area (Å²) in [5.74, 6) is 3.09. The number of nitrogens with zero attached hydrogens (tertiary/aromatic N) is 3. The molecule has 5 aliphatic carbocycles. The number of epoxide rings is 1. The maximum Gasteiger partial charge on any atom is 0.347 e. The van der Waals surface area contributed by atoms with E-state index < -0.39 is 0 Å². The highest BCUT2D eigenvalue weighted by atomic mass is 16.6. The van der Waals surface area contributed by atoms with Crippen molar-refractivity contribution in [3.8, 4) is 0 Å². The van der Waals surface area contributed by atoms with Crippen molar-refractivity contribution >= 4 is 0 Å². The first-order valence-corrected chi connectivity index (χ1v) is 8.20. The maximum atomic E-state index is 12.6. The zero-order valence-electron chi connectivity index (χ0n) is 11.6. The zero-order chi connectivity index (χ0) is 13.6. The molecule has 2 spiro atoms. The van der Waals surface area contributed by atoms with Gasteiger partial charge in [0.05, 0.1) is 24.3 Å².